The minimum absolute atomic E-state index is 0.122. The maximum atomic E-state index is 11.6. The molecule has 1 aromatic heterocycles. The molecule has 0 bridgehead atoms. The van der Waals surface area contributed by atoms with E-state index in [-0.39, 0.29) is 5.91 Å². The van der Waals surface area contributed by atoms with E-state index in [1.54, 1.807) is 0 Å². The first kappa shape index (κ1) is 12.8. The molecule has 1 rings (SSSR count). The molecule has 1 aromatic rings. The highest BCUT2D eigenvalue weighted by Crippen LogP contribution is 2.06. The Morgan fingerprint density at radius 3 is 2.69 bits per heavy atom. The molecule has 1 heterocycles. The Morgan fingerprint density at radius 1 is 1.50 bits per heavy atom. The van der Waals surface area contributed by atoms with Crippen molar-refractivity contribution in [2.24, 2.45) is 11.7 Å². The highest BCUT2D eigenvalue weighted by molar-refractivity contribution is 5.81. The predicted molar refractivity (Wildman–Crippen MR) is 62.7 cm³/mol. The number of carbonyl (C=O) groups excluding carboxylic acids is 1. The number of carbonyl (C=O) groups is 1. The lowest BCUT2D eigenvalue weighted by atomic mass is 10.0. The van der Waals surface area contributed by atoms with Crippen molar-refractivity contribution >= 4 is 5.91 Å². The van der Waals surface area contributed by atoms with Gasteiger partial charge in [-0.3, -0.25) is 4.79 Å². The van der Waals surface area contributed by atoms with Crippen molar-refractivity contribution < 1.29 is 9.21 Å². The number of hydrogen-bond donors (Lipinski definition) is 2. The molecule has 0 saturated heterocycles. The van der Waals surface area contributed by atoms with Crippen molar-refractivity contribution in [3.05, 3.63) is 23.7 Å². The highest BCUT2D eigenvalue weighted by atomic mass is 16.3. The van der Waals surface area contributed by atoms with Gasteiger partial charge in [-0.1, -0.05) is 13.8 Å². The van der Waals surface area contributed by atoms with E-state index in [2.05, 4.69) is 5.32 Å². The van der Waals surface area contributed by atoms with E-state index < -0.39 is 6.04 Å². The van der Waals surface area contributed by atoms with Crippen LogP contribution in [0.3, 0.4) is 0 Å². The van der Waals surface area contributed by atoms with Crippen LogP contribution < -0.4 is 11.1 Å². The van der Waals surface area contributed by atoms with Gasteiger partial charge in [-0.15, -0.1) is 0 Å². The third kappa shape index (κ3) is 4.06. The van der Waals surface area contributed by atoms with Crippen LogP contribution in [-0.2, 0) is 11.3 Å². The van der Waals surface area contributed by atoms with Crippen LogP contribution in [0.2, 0.25) is 0 Å². The molecule has 1 amide bonds. The normalized spacial score (nSPS) is 12.8. The third-order valence-corrected chi connectivity index (χ3v) is 2.29. The largest absolute Gasteiger partial charge is 0.465 e. The Kier molecular flexibility index (Phi) is 4.55. The number of amides is 1. The summed E-state index contributed by atoms with van der Waals surface area (Å²) in [6, 6.07) is 3.29. The van der Waals surface area contributed by atoms with Crippen LogP contribution in [0.15, 0.2) is 16.5 Å². The standard InChI is InChI=1S/C12H20N2O2/c1-8(2)6-11(13)12(15)14-7-10-5-4-9(3)16-10/h4-5,8,11H,6-7,13H2,1-3H3,(H,14,15). The van der Waals surface area contributed by atoms with E-state index in [1.165, 1.54) is 0 Å². The molecule has 0 aliphatic heterocycles. The van der Waals surface area contributed by atoms with Crippen LogP contribution in [0.5, 0.6) is 0 Å². The summed E-state index contributed by atoms with van der Waals surface area (Å²) in [6.07, 6.45) is 0.697. The Balaban J connectivity index is 2.35. The van der Waals surface area contributed by atoms with Gasteiger partial charge in [0.15, 0.2) is 0 Å². The highest BCUT2D eigenvalue weighted by Gasteiger charge is 2.14. The molecule has 1 unspecified atom stereocenters. The van der Waals surface area contributed by atoms with Crippen molar-refractivity contribution in [1.29, 1.82) is 0 Å². The zero-order valence-electron chi connectivity index (χ0n) is 10.1. The van der Waals surface area contributed by atoms with E-state index in [0.29, 0.717) is 18.9 Å². The zero-order chi connectivity index (χ0) is 12.1. The number of rotatable bonds is 5. The van der Waals surface area contributed by atoms with Gasteiger partial charge in [0.05, 0.1) is 12.6 Å². The number of nitrogens with two attached hydrogens (primary N) is 1. The lowest BCUT2D eigenvalue weighted by Crippen LogP contribution is -2.40. The summed E-state index contributed by atoms with van der Waals surface area (Å²) in [5.74, 6) is 1.90. The molecular formula is C12H20N2O2. The molecular weight excluding hydrogens is 204 g/mol. The second kappa shape index (κ2) is 5.70. The average Bonchev–Trinajstić information content (AvgIpc) is 2.59. The molecule has 3 N–H and O–H groups in total. The lowest BCUT2D eigenvalue weighted by Gasteiger charge is -2.13. The van der Waals surface area contributed by atoms with Crippen LogP contribution >= 0.6 is 0 Å². The van der Waals surface area contributed by atoms with Crippen molar-refractivity contribution in [2.45, 2.75) is 39.8 Å². The fourth-order valence-electron chi connectivity index (χ4n) is 1.50. The first-order valence-electron chi connectivity index (χ1n) is 5.57. The maximum Gasteiger partial charge on any atom is 0.237 e. The average molecular weight is 224 g/mol. The third-order valence-electron chi connectivity index (χ3n) is 2.29. The van der Waals surface area contributed by atoms with Crippen molar-refractivity contribution in [3.63, 3.8) is 0 Å². The zero-order valence-corrected chi connectivity index (χ0v) is 10.1. The van der Waals surface area contributed by atoms with E-state index >= 15 is 0 Å². The molecule has 0 saturated carbocycles. The van der Waals surface area contributed by atoms with Gasteiger partial charge < -0.3 is 15.5 Å². The summed E-state index contributed by atoms with van der Waals surface area (Å²) in [7, 11) is 0. The summed E-state index contributed by atoms with van der Waals surface area (Å²) < 4.78 is 5.34. The van der Waals surface area contributed by atoms with Crippen LogP contribution in [0.25, 0.3) is 0 Å². The molecule has 0 aromatic carbocycles. The van der Waals surface area contributed by atoms with Gasteiger partial charge in [0.2, 0.25) is 5.91 Å². The number of nitrogens with one attached hydrogen (secondary N) is 1. The van der Waals surface area contributed by atoms with E-state index in [9.17, 15) is 4.79 Å². The van der Waals surface area contributed by atoms with Gasteiger partial charge in [0.25, 0.3) is 0 Å². The molecule has 0 fully saturated rings. The first-order valence-corrected chi connectivity index (χ1v) is 5.57. The molecule has 4 heteroatoms. The fourth-order valence-corrected chi connectivity index (χ4v) is 1.50. The summed E-state index contributed by atoms with van der Waals surface area (Å²) in [4.78, 5) is 11.6. The molecule has 0 spiro atoms. The molecule has 4 nitrogen and oxygen atoms in total. The molecule has 90 valence electrons. The summed E-state index contributed by atoms with van der Waals surface area (Å²) >= 11 is 0. The second-order valence-corrected chi connectivity index (χ2v) is 4.47. The monoisotopic (exact) mass is 224 g/mol. The summed E-state index contributed by atoms with van der Waals surface area (Å²) in [5, 5.41) is 2.76. The van der Waals surface area contributed by atoms with Gasteiger partial charge >= 0.3 is 0 Å². The quantitative estimate of drug-likeness (QED) is 0.797. The van der Waals surface area contributed by atoms with Gasteiger partial charge in [-0.25, -0.2) is 0 Å². The minimum atomic E-state index is -0.434. The van der Waals surface area contributed by atoms with Crippen LogP contribution in [-0.4, -0.2) is 11.9 Å². The molecule has 0 aliphatic carbocycles. The molecule has 1 atom stereocenters. The number of aryl methyl sites for hydroxylation is 1. The summed E-state index contributed by atoms with van der Waals surface area (Å²) in [5.41, 5.74) is 5.74. The summed E-state index contributed by atoms with van der Waals surface area (Å²) in [6.45, 7) is 6.36. The van der Waals surface area contributed by atoms with E-state index in [0.717, 1.165) is 11.5 Å². The van der Waals surface area contributed by atoms with Crippen molar-refractivity contribution in [2.75, 3.05) is 0 Å². The SMILES string of the molecule is Cc1ccc(CNC(=O)C(N)CC(C)C)o1. The van der Waals surface area contributed by atoms with Gasteiger partial charge in [0.1, 0.15) is 11.5 Å². The van der Waals surface area contributed by atoms with Crippen molar-refractivity contribution in [3.8, 4) is 0 Å². The van der Waals surface area contributed by atoms with Crippen molar-refractivity contribution in [1.82, 2.24) is 5.32 Å². The Labute approximate surface area is 96.2 Å². The molecule has 16 heavy (non-hydrogen) atoms. The second-order valence-electron chi connectivity index (χ2n) is 4.47. The topological polar surface area (TPSA) is 68.3 Å². The Bertz CT molecular complexity index is 345. The maximum absolute atomic E-state index is 11.6. The van der Waals surface area contributed by atoms with Crippen LogP contribution in [0.4, 0.5) is 0 Å². The van der Waals surface area contributed by atoms with E-state index in [1.807, 2.05) is 32.9 Å². The molecule has 0 radical (unpaired) electrons. The van der Waals surface area contributed by atoms with Gasteiger partial charge in [0, 0.05) is 0 Å². The number of furan rings is 1. The van der Waals surface area contributed by atoms with Gasteiger partial charge in [-0.2, -0.15) is 0 Å². The number of hydrogen-bond acceptors (Lipinski definition) is 3. The smallest absolute Gasteiger partial charge is 0.237 e. The van der Waals surface area contributed by atoms with Crippen LogP contribution in [0, 0.1) is 12.8 Å². The lowest BCUT2D eigenvalue weighted by molar-refractivity contribution is -0.122. The Morgan fingerprint density at radius 2 is 2.19 bits per heavy atom. The van der Waals surface area contributed by atoms with Gasteiger partial charge in [-0.05, 0) is 31.4 Å². The van der Waals surface area contributed by atoms with E-state index in [4.69, 9.17) is 10.2 Å². The Hall–Kier alpha value is -1.29. The first-order chi connectivity index (χ1) is 7.49. The van der Waals surface area contributed by atoms with Crippen LogP contribution in [0.1, 0.15) is 31.8 Å². The fraction of sp³-hybridized carbons (Fsp3) is 0.583. The predicted octanol–water partition coefficient (Wildman–Crippen LogP) is 1.58. The minimum Gasteiger partial charge on any atom is -0.465 e. The molecule has 0 aliphatic rings.